The second-order valence-corrected chi connectivity index (χ2v) is 10.8. The number of fused-ring (bicyclic) bond motifs is 1. The second-order valence-electron chi connectivity index (χ2n) is 9.25. The summed E-state index contributed by atoms with van der Waals surface area (Å²) in [5.74, 6) is -0.547. The normalized spacial score (nSPS) is 14.6. The molecule has 40 heavy (non-hydrogen) atoms. The summed E-state index contributed by atoms with van der Waals surface area (Å²) in [7, 11) is 1.53. The third kappa shape index (κ3) is 5.16. The fraction of sp³-hybridized carbons (Fsp3) is 0.129. The van der Waals surface area contributed by atoms with Gasteiger partial charge in [-0.3, -0.25) is 14.9 Å². The van der Waals surface area contributed by atoms with Gasteiger partial charge in [0.2, 0.25) is 0 Å². The predicted octanol–water partition coefficient (Wildman–Crippen LogP) is 6.97. The summed E-state index contributed by atoms with van der Waals surface area (Å²) in [4.78, 5) is 39.7. The largest absolute Gasteiger partial charge is 0.493 e. The van der Waals surface area contributed by atoms with E-state index in [1.165, 1.54) is 13.2 Å². The topological polar surface area (TPSA) is 84.9 Å². The number of nitrogens with one attached hydrogen (secondary N) is 1. The molecule has 1 saturated heterocycles. The fourth-order valence-corrected chi connectivity index (χ4v) is 5.58. The van der Waals surface area contributed by atoms with Crippen molar-refractivity contribution in [2.75, 3.05) is 12.0 Å². The lowest BCUT2D eigenvalue weighted by Gasteiger charge is -2.27. The smallest absolute Gasteiger partial charge is 0.335 e. The second kappa shape index (κ2) is 11.3. The number of hydrogen-bond donors (Lipinski definition) is 1. The SMILES string of the molecule is COc1cc(/C=C2\C(=O)NC(=O)N(c3cccc(Cl)c3C)C2=O)cc(I)c1OCc1c(C)ccc2ccccc12. The van der Waals surface area contributed by atoms with E-state index in [0.717, 1.165) is 30.4 Å². The minimum absolute atomic E-state index is 0.197. The zero-order valence-electron chi connectivity index (χ0n) is 21.9. The molecule has 5 rings (SSSR count). The molecule has 4 amide bonds. The van der Waals surface area contributed by atoms with Crippen molar-refractivity contribution in [1.82, 2.24) is 5.32 Å². The molecule has 0 saturated carbocycles. The summed E-state index contributed by atoms with van der Waals surface area (Å²) in [5.41, 5.74) is 3.37. The van der Waals surface area contributed by atoms with Crippen LogP contribution in [0.15, 0.2) is 72.3 Å². The van der Waals surface area contributed by atoms with Crippen LogP contribution in [-0.2, 0) is 16.2 Å². The molecule has 1 N–H and O–H groups in total. The Morgan fingerprint density at radius 3 is 2.55 bits per heavy atom. The summed E-state index contributed by atoms with van der Waals surface area (Å²) >= 11 is 8.35. The van der Waals surface area contributed by atoms with E-state index in [4.69, 9.17) is 21.1 Å². The maximum atomic E-state index is 13.4. The molecule has 4 aromatic carbocycles. The van der Waals surface area contributed by atoms with Gasteiger partial charge in [0.1, 0.15) is 12.2 Å². The monoisotopic (exact) mass is 666 g/mol. The van der Waals surface area contributed by atoms with Gasteiger partial charge < -0.3 is 9.47 Å². The molecule has 0 atom stereocenters. The van der Waals surface area contributed by atoms with E-state index in [1.807, 2.05) is 19.1 Å². The Kier molecular flexibility index (Phi) is 7.82. The van der Waals surface area contributed by atoms with Gasteiger partial charge >= 0.3 is 6.03 Å². The van der Waals surface area contributed by atoms with Gasteiger partial charge in [-0.2, -0.15) is 0 Å². The molecule has 0 aromatic heterocycles. The summed E-state index contributed by atoms with van der Waals surface area (Å²) in [6.07, 6.45) is 1.43. The molecule has 4 aromatic rings. The van der Waals surface area contributed by atoms with E-state index in [-0.39, 0.29) is 5.57 Å². The Morgan fingerprint density at radius 1 is 1.00 bits per heavy atom. The molecule has 7 nitrogen and oxygen atoms in total. The quantitative estimate of drug-likeness (QED) is 0.137. The highest BCUT2D eigenvalue weighted by Gasteiger charge is 2.37. The fourth-order valence-electron chi connectivity index (χ4n) is 4.63. The van der Waals surface area contributed by atoms with Crippen LogP contribution in [0.2, 0.25) is 5.02 Å². The number of nitrogens with zero attached hydrogens (tertiary/aromatic N) is 1. The number of barbiturate groups is 1. The molecule has 0 bridgehead atoms. The van der Waals surface area contributed by atoms with E-state index >= 15 is 0 Å². The Morgan fingerprint density at radius 2 is 1.77 bits per heavy atom. The molecule has 1 aliphatic heterocycles. The van der Waals surface area contributed by atoms with E-state index in [9.17, 15) is 14.4 Å². The number of amides is 4. The molecule has 9 heteroatoms. The molecule has 1 aliphatic rings. The first-order valence-corrected chi connectivity index (χ1v) is 13.8. The maximum Gasteiger partial charge on any atom is 0.335 e. The number of methoxy groups -OCH3 is 1. The number of rotatable bonds is 6. The van der Waals surface area contributed by atoms with Gasteiger partial charge in [-0.15, -0.1) is 0 Å². The van der Waals surface area contributed by atoms with Crippen molar-refractivity contribution < 1.29 is 23.9 Å². The summed E-state index contributed by atoms with van der Waals surface area (Å²) in [6.45, 7) is 4.08. The average Bonchev–Trinajstić information content (AvgIpc) is 2.93. The van der Waals surface area contributed by atoms with Gasteiger partial charge in [-0.1, -0.05) is 54.1 Å². The highest BCUT2D eigenvalue weighted by Crippen LogP contribution is 2.37. The number of ether oxygens (including phenoxy) is 2. The van der Waals surface area contributed by atoms with Crippen LogP contribution in [0, 0.1) is 17.4 Å². The van der Waals surface area contributed by atoms with Crippen LogP contribution in [0.5, 0.6) is 11.5 Å². The standard InChI is InChI=1S/C31H24ClIN2O5/c1-17-11-12-20-7-4-5-8-21(20)23(17)16-40-28-25(33)14-19(15-27(28)39-3)13-22-29(36)34-31(38)35(30(22)37)26-10-6-9-24(32)18(26)2/h4-15H,16H2,1-3H3,(H,34,36,38)/b22-13+. The minimum atomic E-state index is -0.836. The zero-order chi connectivity index (χ0) is 28.6. The minimum Gasteiger partial charge on any atom is -0.493 e. The van der Waals surface area contributed by atoms with Crippen molar-refractivity contribution in [2.24, 2.45) is 0 Å². The van der Waals surface area contributed by atoms with Gasteiger partial charge in [-0.05, 0) is 94.2 Å². The number of halogens is 2. The van der Waals surface area contributed by atoms with Crippen LogP contribution in [0.25, 0.3) is 16.8 Å². The van der Waals surface area contributed by atoms with Gasteiger partial charge in [0.25, 0.3) is 11.8 Å². The number of carbonyl (C=O) groups is 3. The molecule has 1 fully saturated rings. The average molecular weight is 667 g/mol. The van der Waals surface area contributed by atoms with Crippen molar-refractivity contribution in [3.8, 4) is 11.5 Å². The van der Waals surface area contributed by atoms with Crippen molar-refractivity contribution in [3.63, 3.8) is 0 Å². The lowest BCUT2D eigenvalue weighted by Crippen LogP contribution is -2.54. The molecule has 1 heterocycles. The third-order valence-electron chi connectivity index (χ3n) is 6.78. The van der Waals surface area contributed by atoms with E-state index in [2.05, 4.69) is 52.2 Å². The Hall–Kier alpha value is -3.89. The highest BCUT2D eigenvalue weighted by molar-refractivity contribution is 14.1. The predicted molar refractivity (Wildman–Crippen MR) is 164 cm³/mol. The van der Waals surface area contributed by atoms with Crippen LogP contribution < -0.4 is 19.7 Å². The third-order valence-corrected chi connectivity index (χ3v) is 7.99. The van der Waals surface area contributed by atoms with Crippen LogP contribution in [0.1, 0.15) is 22.3 Å². The van der Waals surface area contributed by atoms with E-state index in [0.29, 0.717) is 39.9 Å². The van der Waals surface area contributed by atoms with Gasteiger partial charge in [0.05, 0.1) is 16.4 Å². The number of aryl methyl sites for hydroxylation is 1. The molecule has 202 valence electrons. The van der Waals surface area contributed by atoms with Crippen molar-refractivity contribution in [1.29, 1.82) is 0 Å². The van der Waals surface area contributed by atoms with Crippen LogP contribution in [0.3, 0.4) is 0 Å². The summed E-state index contributed by atoms with van der Waals surface area (Å²) in [6, 6.07) is 19.8. The number of carbonyl (C=O) groups excluding carboxylic acids is 3. The van der Waals surface area contributed by atoms with E-state index < -0.39 is 17.8 Å². The molecule has 0 unspecified atom stereocenters. The first-order chi connectivity index (χ1) is 19.2. The van der Waals surface area contributed by atoms with Crippen molar-refractivity contribution in [2.45, 2.75) is 20.5 Å². The molecular weight excluding hydrogens is 643 g/mol. The molecule has 0 radical (unpaired) electrons. The lowest BCUT2D eigenvalue weighted by molar-refractivity contribution is -0.122. The first kappa shape index (κ1) is 27.7. The number of benzene rings is 4. The van der Waals surface area contributed by atoms with Crippen molar-refractivity contribution >= 4 is 74.6 Å². The first-order valence-electron chi connectivity index (χ1n) is 12.3. The van der Waals surface area contributed by atoms with Gasteiger partial charge in [-0.25, -0.2) is 9.69 Å². The van der Waals surface area contributed by atoms with Crippen LogP contribution in [0.4, 0.5) is 10.5 Å². The Bertz CT molecular complexity index is 1730. The molecule has 0 aliphatic carbocycles. The highest BCUT2D eigenvalue weighted by atomic mass is 127. The zero-order valence-corrected chi connectivity index (χ0v) is 24.8. The van der Waals surface area contributed by atoms with Crippen LogP contribution in [-0.4, -0.2) is 25.0 Å². The van der Waals surface area contributed by atoms with E-state index in [1.54, 1.807) is 37.3 Å². The maximum absolute atomic E-state index is 13.4. The van der Waals surface area contributed by atoms with Crippen LogP contribution >= 0.6 is 34.2 Å². The number of hydrogen-bond acceptors (Lipinski definition) is 5. The number of anilines is 1. The lowest BCUT2D eigenvalue weighted by atomic mass is 10.0. The Balaban J connectivity index is 1.47. The molecular formula is C31H24ClIN2O5. The number of urea groups is 1. The summed E-state index contributed by atoms with van der Waals surface area (Å²) in [5, 5.41) is 4.89. The van der Waals surface area contributed by atoms with Crippen molar-refractivity contribution in [3.05, 3.63) is 103 Å². The molecule has 0 spiro atoms. The van der Waals surface area contributed by atoms with Gasteiger partial charge in [0.15, 0.2) is 11.5 Å². The Labute approximate surface area is 249 Å². The van der Waals surface area contributed by atoms with Gasteiger partial charge in [0, 0.05) is 10.6 Å². The number of imide groups is 2. The summed E-state index contributed by atoms with van der Waals surface area (Å²) < 4.78 is 12.6.